The van der Waals surface area contributed by atoms with E-state index in [1.165, 1.54) is 5.69 Å². The van der Waals surface area contributed by atoms with Gasteiger partial charge in [0.1, 0.15) is 0 Å². The number of nitrogens with one attached hydrogen (secondary N) is 1. The molecule has 0 bridgehead atoms. The van der Waals surface area contributed by atoms with Crippen LogP contribution >= 0.6 is 8.88 Å². The zero-order valence-corrected chi connectivity index (χ0v) is 8.27. The second-order valence-corrected chi connectivity index (χ2v) is 3.87. The second-order valence-electron chi connectivity index (χ2n) is 2.82. The zero-order chi connectivity index (χ0) is 8.93. The van der Waals surface area contributed by atoms with Crippen molar-refractivity contribution in [3.63, 3.8) is 0 Å². The molecule has 0 saturated carbocycles. The molecule has 1 heterocycles. The summed E-state index contributed by atoms with van der Waals surface area (Å²) in [6.45, 7) is 1.97. The number of nitrogens with zero attached hydrogens (tertiary/aromatic N) is 2. The van der Waals surface area contributed by atoms with E-state index in [0.717, 1.165) is 13.1 Å². The molecule has 1 aliphatic heterocycles. The fourth-order valence-corrected chi connectivity index (χ4v) is 1.91. The van der Waals surface area contributed by atoms with Crippen LogP contribution in [0.3, 0.4) is 0 Å². The minimum Gasteiger partial charge on any atom is -0.350 e. The number of para-hydroxylation sites is 1. The molecule has 68 valence electrons. The summed E-state index contributed by atoms with van der Waals surface area (Å²) < 4.78 is 2.19. The molecule has 0 aliphatic carbocycles. The van der Waals surface area contributed by atoms with E-state index in [4.69, 9.17) is 0 Å². The average molecular weight is 193 g/mol. The van der Waals surface area contributed by atoms with Crippen molar-refractivity contribution >= 4 is 20.9 Å². The fraction of sp³-hybridized carbons (Fsp3) is 0.222. The number of rotatable bonds is 3. The third-order valence-corrected chi connectivity index (χ3v) is 2.84. The Morgan fingerprint density at radius 2 is 2.15 bits per heavy atom. The van der Waals surface area contributed by atoms with Crippen LogP contribution in [0.5, 0.6) is 0 Å². The number of hydrogen-bond donors (Lipinski definition) is 1. The van der Waals surface area contributed by atoms with Gasteiger partial charge in [0.25, 0.3) is 0 Å². The molecular weight excluding hydrogens is 181 g/mol. The number of benzene rings is 1. The molecule has 1 atom stereocenters. The molecule has 1 aromatic rings. The number of anilines is 1. The summed E-state index contributed by atoms with van der Waals surface area (Å²) in [4.78, 5) is 4.14. The van der Waals surface area contributed by atoms with Crippen LogP contribution in [0.4, 0.5) is 5.69 Å². The van der Waals surface area contributed by atoms with Crippen molar-refractivity contribution in [1.29, 1.82) is 0 Å². The molecule has 1 aliphatic rings. The molecule has 0 amide bonds. The van der Waals surface area contributed by atoms with Crippen molar-refractivity contribution in [2.45, 2.75) is 0 Å². The van der Waals surface area contributed by atoms with Crippen LogP contribution in [0.2, 0.25) is 0 Å². The first-order chi connectivity index (χ1) is 6.45. The Labute approximate surface area is 79.8 Å². The lowest BCUT2D eigenvalue weighted by Gasteiger charge is -2.14. The van der Waals surface area contributed by atoms with E-state index < -0.39 is 0 Å². The van der Waals surface area contributed by atoms with Crippen molar-refractivity contribution in [2.75, 3.05) is 18.2 Å². The molecule has 4 heteroatoms. The highest BCUT2D eigenvalue weighted by atomic mass is 31.1. The van der Waals surface area contributed by atoms with Crippen LogP contribution in [0.25, 0.3) is 0 Å². The first-order valence-corrected chi connectivity index (χ1v) is 5.23. The Hall–Kier alpha value is -1.08. The molecule has 1 unspecified atom stereocenters. The van der Waals surface area contributed by atoms with Crippen molar-refractivity contribution in [1.82, 2.24) is 4.67 Å². The van der Waals surface area contributed by atoms with Gasteiger partial charge in [0.05, 0.1) is 21.8 Å². The zero-order valence-electron chi connectivity index (χ0n) is 7.27. The molecule has 3 nitrogen and oxygen atoms in total. The summed E-state index contributed by atoms with van der Waals surface area (Å²) >= 11 is 0. The lowest BCUT2D eigenvalue weighted by atomic mass is 10.3. The topological polar surface area (TPSA) is 27.6 Å². The SMILES string of the molecule is C1=NCCN1PNc1ccccc1. The molecule has 1 N–H and O–H groups in total. The minimum absolute atomic E-state index is 0.597. The monoisotopic (exact) mass is 193 g/mol. The summed E-state index contributed by atoms with van der Waals surface area (Å²) in [5, 5.41) is 3.35. The van der Waals surface area contributed by atoms with Gasteiger partial charge in [-0.3, -0.25) is 4.99 Å². The van der Waals surface area contributed by atoms with Crippen molar-refractivity contribution in [2.24, 2.45) is 4.99 Å². The maximum absolute atomic E-state index is 4.14. The summed E-state index contributed by atoms with van der Waals surface area (Å²) in [6.07, 6.45) is 1.91. The Morgan fingerprint density at radius 1 is 1.31 bits per heavy atom. The Balaban J connectivity index is 1.82. The van der Waals surface area contributed by atoms with Gasteiger partial charge in [0, 0.05) is 12.2 Å². The molecule has 1 aromatic carbocycles. The van der Waals surface area contributed by atoms with Crippen LogP contribution in [-0.2, 0) is 0 Å². The molecule has 0 saturated heterocycles. The highest BCUT2D eigenvalue weighted by Gasteiger charge is 2.03. The molecule has 13 heavy (non-hydrogen) atoms. The van der Waals surface area contributed by atoms with Gasteiger partial charge in [-0.15, -0.1) is 0 Å². The Kier molecular flexibility index (Phi) is 2.78. The van der Waals surface area contributed by atoms with E-state index in [1.54, 1.807) is 0 Å². The van der Waals surface area contributed by atoms with Crippen molar-refractivity contribution < 1.29 is 0 Å². The van der Waals surface area contributed by atoms with Gasteiger partial charge in [0.15, 0.2) is 0 Å². The predicted molar refractivity (Wildman–Crippen MR) is 58.4 cm³/mol. The Bertz CT molecular complexity index is 286. The second kappa shape index (κ2) is 4.24. The minimum atomic E-state index is 0.597. The van der Waals surface area contributed by atoms with Gasteiger partial charge in [-0.25, -0.2) is 0 Å². The predicted octanol–water partition coefficient (Wildman–Crippen LogP) is 1.95. The summed E-state index contributed by atoms with van der Waals surface area (Å²) in [5.74, 6) is 0. The van der Waals surface area contributed by atoms with Crippen LogP contribution in [0.1, 0.15) is 0 Å². The van der Waals surface area contributed by atoms with E-state index in [-0.39, 0.29) is 0 Å². The summed E-state index contributed by atoms with van der Waals surface area (Å²) in [6, 6.07) is 10.2. The van der Waals surface area contributed by atoms with Gasteiger partial charge >= 0.3 is 0 Å². The quantitative estimate of drug-likeness (QED) is 0.743. The van der Waals surface area contributed by atoms with E-state index >= 15 is 0 Å². The molecule has 0 fully saturated rings. The van der Waals surface area contributed by atoms with Crippen molar-refractivity contribution in [3.8, 4) is 0 Å². The average Bonchev–Trinajstić information content (AvgIpc) is 2.69. The van der Waals surface area contributed by atoms with Gasteiger partial charge < -0.3 is 9.76 Å². The summed E-state index contributed by atoms with van der Waals surface area (Å²) in [7, 11) is 0.597. The third kappa shape index (κ3) is 2.43. The van der Waals surface area contributed by atoms with E-state index in [0.29, 0.717) is 8.88 Å². The van der Waals surface area contributed by atoms with Gasteiger partial charge in [-0.1, -0.05) is 18.2 Å². The van der Waals surface area contributed by atoms with E-state index in [1.807, 2.05) is 24.5 Å². The maximum atomic E-state index is 4.14. The van der Waals surface area contributed by atoms with Gasteiger partial charge in [-0.2, -0.15) is 0 Å². The highest BCUT2D eigenvalue weighted by molar-refractivity contribution is 7.37. The first kappa shape index (κ1) is 8.52. The van der Waals surface area contributed by atoms with Gasteiger partial charge in [-0.05, 0) is 12.1 Å². The number of aliphatic imine (C=N–C) groups is 1. The van der Waals surface area contributed by atoms with Crippen LogP contribution in [0, 0.1) is 0 Å². The smallest absolute Gasteiger partial charge is 0.0894 e. The molecular formula is C9H12N3P. The summed E-state index contributed by atoms with van der Waals surface area (Å²) in [5.41, 5.74) is 1.17. The fourth-order valence-electron chi connectivity index (χ4n) is 1.12. The lowest BCUT2D eigenvalue weighted by Crippen LogP contribution is -2.10. The van der Waals surface area contributed by atoms with Gasteiger partial charge in [0.2, 0.25) is 0 Å². The van der Waals surface area contributed by atoms with Crippen molar-refractivity contribution in [3.05, 3.63) is 30.3 Å². The standard InChI is InChI=1S/C9H12N3P/c1-2-4-9(5-3-1)11-13-12-7-6-10-8-12/h1-5,8,11,13H,6-7H2. The maximum Gasteiger partial charge on any atom is 0.0894 e. The van der Waals surface area contributed by atoms with Crippen LogP contribution < -0.4 is 5.09 Å². The molecule has 0 aromatic heterocycles. The molecule has 2 rings (SSSR count). The normalized spacial score (nSPS) is 15.8. The largest absolute Gasteiger partial charge is 0.350 e. The Morgan fingerprint density at radius 3 is 2.85 bits per heavy atom. The first-order valence-electron chi connectivity index (χ1n) is 4.28. The van der Waals surface area contributed by atoms with E-state index in [9.17, 15) is 0 Å². The highest BCUT2D eigenvalue weighted by Crippen LogP contribution is 2.20. The van der Waals surface area contributed by atoms with Crippen LogP contribution in [-0.4, -0.2) is 24.1 Å². The van der Waals surface area contributed by atoms with E-state index in [2.05, 4.69) is 26.9 Å². The third-order valence-electron chi connectivity index (χ3n) is 1.81. The lowest BCUT2D eigenvalue weighted by molar-refractivity contribution is 0.740. The molecule has 0 spiro atoms. The van der Waals surface area contributed by atoms with Crippen LogP contribution in [0.15, 0.2) is 35.3 Å². The molecule has 0 radical (unpaired) electrons. The number of hydrogen-bond acceptors (Lipinski definition) is 3.